The molecule has 3 aliphatic rings. The predicted octanol–water partition coefficient (Wildman–Crippen LogP) is 3.61. The van der Waals surface area contributed by atoms with Crippen LogP contribution in [0.15, 0.2) is 70.3 Å². The van der Waals surface area contributed by atoms with Crippen LogP contribution < -0.4 is 10.1 Å². The lowest BCUT2D eigenvalue weighted by Gasteiger charge is -2.13. The number of carbonyl (C=O) groups is 3. The molecule has 3 amide bonds. The van der Waals surface area contributed by atoms with E-state index in [1.165, 1.54) is 6.21 Å². The predicted molar refractivity (Wildman–Crippen MR) is 122 cm³/mol. The summed E-state index contributed by atoms with van der Waals surface area (Å²) in [5.74, 6) is -0.409. The summed E-state index contributed by atoms with van der Waals surface area (Å²) in [6.45, 7) is -0.142. The minimum atomic E-state index is -0.270. The van der Waals surface area contributed by atoms with Gasteiger partial charge in [0.25, 0.3) is 17.7 Å². The molecular weight excluding hydrogens is 474 g/mol. The zero-order chi connectivity index (χ0) is 22.2. The Balaban J connectivity index is 1.20. The fourth-order valence-corrected chi connectivity index (χ4v) is 5.21. The van der Waals surface area contributed by atoms with Crippen LogP contribution in [-0.2, 0) is 14.4 Å². The number of carbonyl (C=O) groups excluding carboxylic acids is 3. The first kappa shape index (κ1) is 20.6. The summed E-state index contributed by atoms with van der Waals surface area (Å²) >= 11 is 3.43. The van der Waals surface area contributed by atoms with E-state index in [1.807, 2.05) is 18.2 Å². The lowest BCUT2D eigenvalue weighted by molar-refractivity contribution is -0.140. The van der Waals surface area contributed by atoms with Crippen LogP contribution in [0.25, 0.3) is 0 Å². The van der Waals surface area contributed by atoms with E-state index in [1.54, 1.807) is 30.3 Å². The van der Waals surface area contributed by atoms with Crippen LogP contribution in [0.4, 0.5) is 5.69 Å². The van der Waals surface area contributed by atoms with Gasteiger partial charge in [-0.25, -0.2) is 0 Å². The van der Waals surface area contributed by atoms with E-state index in [0.717, 1.165) is 11.4 Å². The summed E-state index contributed by atoms with van der Waals surface area (Å²) < 4.78 is 6.22. The maximum Gasteiger partial charge on any atom is 0.262 e. The van der Waals surface area contributed by atoms with E-state index in [2.05, 4.69) is 38.5 Å². The van der Waals surface area contributed by atoms with Crippen LogP contribution in [0.3, 0.4) is 0 Å². The maximum absolute atomic E-state index is 12.7. The molecule has 0 spiro atoms. The van der Waals surface area contributed by atoms with Gasteiger partial charge in [-0.3, -0.25) is 14.4 Å². The van der Waals surface area contributed by atoms with Crippen molar-refractivity contribution in [2.24, 2.45) is 28.8 Å². The topological polar surface area (TPSA) is 88.1 Å². The first-order valence-corrected chi connectivity index (χ1v) is 11.2. The van der Waals surface area contributed by atoms with Crippen LogP contribution in [0.1, 0.15) is 12.0 Å². The van der Waals surface area contributed by atoms with E-state index in [0.29, 0.717) is 21.5 Å². The number of fused-ring (bicyclic) bond motifs is 5. The summed E-state index contributed by atoms with van der Waals surface area (Å²) in [4.78, 5) is 37.5. The highest BCUT2D eigenvalue weighted by molar-refractivity contribution is 9.10. The summed E-state index contributed by atoms with van der Waals surface area (Å²) in [5, 5.41) is 7.96. The van der Waals surface area contributed by atoms with Gasteiger partial charge < -0.3 is 10.1 Å². The number of benzene rings is 2. The molecule has 2 aromatic rings. The Morgan fingerprint density at radius 1 is 1.09 bits per heavy atom. The van der Waals surface area contributed by atoms with Gasteiger partial charge in [0, 0.05) is 5.69 Å². The lowest BCUT2D eigenvalue weighted by atomic mass is 9.85. The van der Waals surface area contributed by atoms with Crippen LogP contribution >= 0.6 is 15.9 Å². The van der Waals surface area contributed by atoms with Crippen molar-refractivity contribution in [2.75, 3.05) is 11.9 Å². The van der Waals surface area contributed by atoms with Gasteiger partial charge in [-0.15, -0.1) is 0 Å². The number of anilines is 1. The van der Waals surface area contributed by atoms with Crippen molar-refractivity contribution in [3.05, 3.63) is 70.7 Å². The monoisotopic (exact) mass is 493 g/mol. The van der Waals surface area contributed by atoms with E-state index in [-0.39, 0.29) is 48.0 Å². The Labute approximate surface area is 193 Å². The molecule has 1 aliphatic heterocycles. The van der Waals surface area contributed by atoms with Crippen molar-refractivity contribution in [3.8, 4) is 5.75 Å². The number of imide groups is 1. The van der Waals surface area contributed by atoms with Crippen LogP contribution in [0.5, 0.6) is 5.75 Å². The van der Waals surface area contributed by atoms with Crippen LogP contribution in [0, 0.1) is 23.7 Å². The molecule has 2 fully saturated rings. The van der Waals surface area contributed by atoms with Gasteiger partial charge in [-0.05, 0) is 70.1 Å². The third-order valence-electron chi connectivity index (χ3n) is 6.14. The summed E-state index contributed by atoms with van der Waals surface area (Å²) in [6, 6.07) is 14.3. The average Bonchev–Trinajstić information content (AvgIpc) is 3.47. The van der Waals surface area contributed by atoms with Gasteiger partial charge in [0.05, 0.1) is 22.5 Å². The smallest absolute Gasteiger partial charge is 0.262 e. The zero-order valence-electron chi connectivity index (χ0n) is 17.0. The molecule has 0 unspecified atom stereocenters. The lowest BCUT2D eigenvalue weighted by Crippen LogP contribution is -2.28. The molecule has 5 rings (SSSR count). The molecular formula is C24H20BrN3O4. The van der Waals surface area contributed by atoms with Gasteiger partial charge in [0.15, 0.2) is 6.61 Å². The molecule has 2 aromatic carbocycles. The molecule has 162 valence electrons. The van der Waals surface area contributed by atoms with Crippen molar-refractivity contribution in [1.29, 1.82) is 0 Å². The number of ether oxygens (including phenoxy) is 1. The third kappa shape index (κ3) is 3.75. The fraction of sp³-hybridized carbons (Fsp3) is 0.250. The van der Waals surface area contributed by atoms with Crippen molar-refractivity contribution >= 4 is 45.6 Å². The molecule has 1 heterocycles. The SMILES string of the molecule is O=C(COc1ccc(C=NN2C(=O)[C@@H]3[C@H](C2=O)[C@H]2C=C[C@H]3C2)cc1Br)Nc1ccccc1. The molecule has 32 heavy (non-hydrogen) atoms. The highest BCUT2D eigenvalue weighted by Crippen LogP contribution is 2.52. The number of allylic oxidation sites excluding steroid dienone is 2. The molecule has 2 aliphatic carbocycles. The van der Waals surface area contributed by atoms with Gasteiger partial charge in [-0.1, -0.05) is 30.4 Å². The molecule has 8 heteroatoms. The Kier molecular flexibility index (Phi) is 5.38. The van der Waals surface area contributed by atoms with E-state index < -0.39 is 0 Å². The zero-order valence-corrected chi connectivity index (χ0v) is 18.6. The number of para-hydroxylation sites is 1. The highest BCUT2D eigenvalue weighted by atomic mass is 79.9. The quantitative estimate of drug-likeness (QED) is 0.378. The van der Waals surface area contributed by atoms with Crippen LogP contribution in [-0.4, -0.2) is 35.6 Å². The second-order valence-electron chi connectivity index (χ2n) is 8.13. The van der Waals surface area contributed by atoms with Crippen molar-refractivity contribution in [3.63, 3.8) is 0 Å². The number of nitrogens with one attached hydrogen (secondary N) is 1. The summed E-state index contributed by atoms with van der Waals surface area (Å²) in [6.07, 6.45) is 6.49. The van der Waals surface area contributed by atoms with Crippen molar-refractivity contribution in [2.45, 2.75) is 6.42 Å². The molecule has 4 atom stereocenters. The van der Waals surface area contributed by atoms with Gasteiger partial charge in [-0.2, -0.15) is 10.1 Å². The number of hydrogen-bond donors (Lipinski definition) is 1. The maximum atomic E-state index is 12.7. The fourth-order valence-electron chi connectivity index (χ4n) is 4.70. The normalized spacial score (nSPS) is 25.6. The number of hydrazone groups is 1. The Morgan fingerprint density at radius 3 is 2.44 bits per heavy atom. The van der Waals surface area contributed by atoms with Crippen molar-refractivity contribution in [1.82, 2.24) is 5.01 Å². The minimum absolute atomic E-state index is 0.142. The summed E-state index contributed by atoms with van der Waals surface area (Å²) in [7, 11) is 0. The number of amides is 3. The second kappa shape index (κ2) is 8.35. The molecule has 1 saturated carbocycles. The van der Waals surface area contributed by atoms with Gasteiger partial charge in [0.1, 0.15) is 5.75 Å². The van der Waals surface area contributed by atoms with Crippen molar-refractivity contribution < 1.29 is 19.1 Å². The molecule has 1 saturated heterocycles. The largest absolute Gasteiger partial charge is 0.483 e. The number of rotatable bonds is 6. The van der Waals surface area contributed by atoms with Crippen LogP contribution in [0.2, 0.25) is 0 Å². The first-order chi connectivity index (χ1) is 15.5. The minimum Gasteiger partial charge on any atom is -0.483 e. The molecule has 1 N–H and O–H groups in total. The average molecular weight is 494 g/mol. The molecule has 7 nitrogen and oxygen atoms in total. The Morgan fingerprint density at radius 2 is 1.78 bits per heavy atom. The Bertz CT molecular complexity index is 1120. The Hall–Kier alpha value is -3.26. The molecule has 0 radical (unpaired) electrons. The number of halogens is 1. The second-order valence-corrected chi connectivity index (χ2v) is 8.98. The third-order valence-corrected chi connectivity index (χ3v) is 6.76. The van der Waals surface area contributed by atoms with Gasteiger partial charge in [0.2, 0.25) is 0 Å². The first-order valence-electron chi connectivity index (χ1n) is 10.4. The molecule has 2 bridgehead atoms. The van der Waals surface area contributed by atoms with Gasteiger partial charge >= 0.3 is 0 Å². The van der Waals surface area contributed by atoms with E-state index in [9.17, 15) is 14.4 Å². The van der Waals surface area contributed by atoms with E-state index >= 15 is 0 Å². The standard InChI is InChI=1S/C24H20BrN3O4/c25-18-10-14(6-9-19(18)32-13-20(29)27-17-4-2-1-3-5-17)12-26-28-23(30)21-15-7-8-16(11-15)22(21)24(28)31/h1-10,12,15-16,21-22H,11,13H2,(H,27,29)/t15-,16-,21-,22+/m0/s1. The number of nitrogens with zero attached hydrogens (tertiary/aromatic N) is 2. The number of hydrogen-bond acceptors (Lipinski definition) is 5. The van der Waals surface area contributed by atoms with E-state index in [4.69, 9.17) is 4.74 Å². The highest BCUT2D eigenvalue weighted by Gasteiger charge is 2.59. The molecule has 0 aromatic heterocycles. The summed E-state index contributed by atoms with van der Waals surface area (Å²) in [5.41, 5.74) is 1.39.